The summed E-state index contributed by atoms with van der Waals surface area (Å²) in [6.45, 7) is 0. The molecule has 0 heterocycles. The number of carbonyl (C=O) groups is 3. The molecular formula is C25H46N2O5. The molecule has 32 heavy (non-hydrogen) atoms. The van der Waals surface area contributed by atoms with Crippen molar-refractivity contribution in [1.82, 2.24) is 5.32 Å². The quantitative estimate of drug-likeness (QED) is 0.104. The molecule has 4 N–H and O–H groups in total. The SMILES string of the molecule is N=CCCC(NC(=O)CCCCCCCCCCCCCCCCCCC(=O)O)C(=O)O. The van der Waals surface area contributed by atoms with Crippen molar-refractivity contribution in [3.05, 3.63) is 0 Å². The molecule has 7 heteroatoms. The Labute approximate surface area is 194 Å². The van der Waals surface area contributed by atoms with Gasteiger partial charge >= 0.3 is 11.9 Å². The van der Waals surface area contributed by atoms with Crippen LogP contribution in [0.3, 0.4) is 0 Å². The van der Waals surface area contributed by atoms with Gasteiger partial charge in [-0.2, -0.15) is 0 Å². The van der Waals surface area contributed by atoms with Crippen LogP contribution in [-0.2, 0) is 14.4 Å². The highest BCUT2D eigenvalue weighted by Gasteiger charge is 2.18. The zero-order valence-electron chi connectivity index (χ0n) is 19.9. The van der Waals surface area contributed by atoms with E-state index < -0.39 is 18.0 Å². The van der Waals surface area contributed by atoms with Gasteiger partial charge in [0.1, 0.15) is 6.04 Å². The predicted molar refractivity (Wildman–Crippen MR) is 128 cm³/mol. The number of nitrogens with one attached hydrogen (secondary N) is 2. The van der Waals surface area contributed by atoms with Crippen LogP contribution in [0.5, 0.6) is 0 Å². The number of hydrogen-bond donors (Lipinski definition) is 4. The Bertz CT molecular complexity index is 511. The third-order valence-corrected chi connectivity index (χ3v) is 5.78. The van der Waals surface area contributed by atoms with E-state index in [1.54, 1.807) is 0 Å². The summed E-state index contributed by atoms with van der Waals surface area (Å²) in [5, 5.41) is 27.2. The van der Waals surface area contributed by atoms with E-state index in [0.29, 0.717) is 19.3 Å². The number of amides is 1. The van der Waals surface area contributed by atoms with Crippen LogP contribution in [-0.4, -0.2) is 40.3 Å². The molecule has 0 radical (unpaired) electrons. The van der Waals surface area contributed by atoms with E-state index in [1.807, 2.05) is 0 Å². The summed E-state index contributed by atoms with van der Waals surface area (Å²) >= 11 is 0. The van der Waals surface area contributed by atoms with Crippen molar-refractivity contribution in [3.63, 3.8) is 0 Å². The standard InChI is InChI=1S/C25H46N2O5/c26-21-17-18-22(25(31)32)27-23(28)19-15-13-11-9-7-5-3-1-2-4-6-8-10-12-14-16-20-24(29)30/h21-22,26H,1-20H2,(H,27,28)(H,29,30)(H,31,32). The molecule has 0 aliphatic heterocycles. The molecule has 1 amide bonds. The van der Waals surface area contributed by atoms with Crippen molar-refractivity contribution in [1.29, 1.82) is 5.41 Å². The topological polar surface area (TPSA) is 128 Å². The number of rotatable bonds is 24. The van der Waals surface area contributed by atoms with E-state index >= 15 is 0 Å². The maximum Gasteiger partial charge on any atom is 0.326 e. The van der Waals surface area contributed by atoms with Crippen molar-refractivity contribution >= 4 is 24.1 Å². The molecule has 0 fully saturated rings. The van der Waals surface area contributed by atoms with Gasteiger partial charge in [-0.15, -0.1) is 0 Å². The number of hydrogen-bond acceptors (Lipinski definition) is 4. The molecule has 1 unspecified atom stereocenters. The molecule has 0 saturated carbocycles. The first-order chi connectivity index (χ1) is 15.5. The van der Waals surface area contributed by atoms with E-state index in [4.69, 9.17) is 15.6 Å². The van der Waals surface area contributed by atoms with Crippen molar-refractivity contribution in [2.45, 2.75) is 134 Å². The van der Waals surface area contributed by atoms with Gasteiger partial charge in [0.2, 0.25) is 5.91 Å². The lowest BCUT2D eigenvalue weighted by Crippen LogP contribution is -2.40. The Morgan fingerprint density at radius 3 is 1.38 bits per heavy atom. The number of aliphatic carboxylic acids is 2. The fraction of sp³-hybridized carbons (Fsp3) is 0.840. The van der Waals surface area contributed by atoms with Gasteiger partial charge in [-0.1, -0.05) is 89.9 Å². The molecule has 0 aromatic heterocycles. The zero-order chi connectivity index (χ0) is 23.9. The Morgan fingerprint density at radius 1 is 0.656 bits per heavy atom. The first-order valence-corrected chi connectivity index (χ1v) is 12.7. The zero-order valence-corrected chi connectivity index (χ0v) is 19.9. The Kier molecular flexibility index (Phi) is 20.9. The van der Waals surface area contributed by atoms with Crippen LogP contribution in [0, 0.1) is 5.41 Å². The molecule has 1 atom stereocenters. The van der Waals surface area contributed by atoms with Crippen LogP contribution in [0.2, 0.25) is 0 Å². The molecule has 0 rings (SSSR count). The Balaban J connectivity index is 3.34. The van der Waals surface area contributed by atoms with E-state index in [0.717, 1.165) is 38.5 Å². The normalized spacial score (nSPS) is 11.8. The highest BCUT2D eigenvalue weighted by Crippen LogP contribution is 2.14. The van der Waals surface area contributed by atoms with Crippen LogP contribution in [0.4, 0.5) is 0 Å². The molecule has 0 aromatic rings. The third-order valence-electron chi connectivity index (χ3n) is 5.78. The second-order valence-corrected chi connectivity index (χ2v) is 8.79. The lowest BCUT2D eigenvalue weighted by Gasteiger charge is -2.13. The first-order valence-electron chi connectivity index (χ1n) is 12.7. The fourth-order valence-electron chi connectivity index (χ4n) is 3.81. The minimum absolute atomic E-state index is 0.208. The second kappa shape index (κ2) is 22.3. The predicted octanol–water partition coefficient (Wildman–Crippen LogP) is 6.09. The average Bonchev–Trinajstić information content (AvgIpc) is 2.75. The lowest BCUT2D eigenvalue weighted by molar-refractivity contribution is -0.142. The van der Waals surface area contributed by atoms with Crippen molar-refractivity contribution in [2.24, 2.45) is 0 Å². The van der Waals surface area contributed by atoms with Gasteiger partial charge in [-0.25, -0.2) is 4.79 Å². The van der Waals surface area contributed by atoms with Gasteiger partial charge < -0.3 is 20.9 Å². The largest absolute Gasteiger partial charge is 0.481 e. The molecule has 0 aliphatic carbocycles. The fourth-order valence-corrected chi connectivity index (χ4v) is 3.81. The molecule has 186 valence electrons. The maximum atomic E-state index is 11.9. The van der Waals surface area contributed by atoms with Gasteiger partial charge in [0.05, 0.1) is 0 Å². The Hall–Kier alpha value is -1.92. The minimum atomic E-state index is -1.04. The summed E-state index contributed by atoms with van der Waals surface area (Å²) in [7, 11) is 0. The van der Waals surface area contributed by atoms with Gasteiger partial charge in [-0.05, 0) is 31.9 Å². The van der Waals surface area contributed by atoms with E-state index in [-0.39, 0.29) is 12.3 Å². The summed E-state index contributed by atoms with van der Waals surface area (Å²) in [6, 6.07) is -0.889. The number of carboxylic acids is 2. The highest BCUT2D eigenvalue weighted by atomic mass is 16.4. The summed E-state index contributed by atoms with van der Waals surface area (Å²) in [5.74, 6) is -1.93. The minimum Gasteiger partial charge on any atom is -0.481 e. The molecule has 0 spiro atoms. The highest BCUT2D eigenvalue weighted by molar-refractivity contribution is 5.83. The lowest BCUT2D eigenvalue weighted by atomic mass is 10.0. The molecule has 0 saturated heterocycles. The van der Waals surface area contributed by atoms with Crippen LogP contribution in [0.25, 0.3) is 0 Å². The Morgan fingerprint density at radius 2 is 1.03 bits per heavy atom. The van der Waals surface area contributed by atoms with Crippen molar-refractivity contribution in [3.8, 4) is 0 Å². The summed E-state index contributed by atoms with van der Waals surface area (Å²) < 4.78 is 0. The van der Waals surface area contributed by atoms with Crippen molar-refractivity contribution in [2.75, 3.05) is 0 Å². The summed E-state index contributed by atoms with van der Waals surface area (Å²) in [4.78, 5) is 33.4. The summed E-state index contributed by atoms with van der Waals surface area (Å²) in [6.07, 6.45) is 21.1. The first kappa shape index (κ1) is 30.1. The molecule has 0 bridgehead atoms. The van der Waals surface area contributed by atoms with Gasteiger partial charge in [0.25, 0.3) is 0 Å². The average molecular weight is 455 g/mol. The van der Waals surface area contributed by atoms with Crippen LogP contribution < -0.4 is 5.32 Å². The molecule has 0 aromatic carbocycles. The van der Waals surface area contributed by atoms with Crippen LogP contribution in [0.1, 0.15) is 128 Å². The molecule has 0 aliphatic rings. The van der Waals surface area contributed by atoms with Crippen LogP contribution >= 0.6 is 0 Å². The maximum absolute atomic E-state index is 11.9. The van der Waals surface area contributed by atoms with Gasteiger partial charge in [0, 0.05) is 12.8 Å². The second-order valence-electron chi connectivity index (χ2n) is 8.79. The third kappa shape index (κ3) is 21.3. The van der Waals surface area contributed by atoms with Gasteiger partial charge in [-0.3, -0.25) is 9.59 Å². The van der Waals surface area contributed by atoms with Crippen molar-refractivity contribution < 1.29 is 24.6 Å². The monoisotopic (exact) mass is 454 g/mol. The number of carbonyl (C=O) groups excluding carboxylic acids is 1. The van der Waals surface area contributed by atoms with E-state index in [2.05, 4.69) is 5.32 Å². The molecular weight excluding hydrogens is 408 g/mol. The van der Waals surface area contributed by atoms with Gasteiger partial charge in [0.15, 0.2) is 0 Å². The number of carboxylic acid groups (broad SMARTS) is 2. The van der Waals surface area contributed by atoms with Crippen LogP contribution in [0.15, 0.2) is 0 Å². The van der Waals surface area contributed by atoms with E-state index in [9.17, 15) is 14.4 Å². The number of unbranched alkanes of at least 4 members (excludes halogenated alkanes) is 15. The smallest absolute Gasteiger partial charge is 0.326 e. The summed E-state index contributed by atoms with van der Waals surface area (Å²) in [5.41, 5.74) is 0. The molecule has 7 nitrogen and oxygen atoms in total. The van der Waals surface area contributed by atoms with E-state index in [1.165, 1.54) is 70.4 Å².